The first-order valence-electron chi connectivity index (χ1n) is 7.53. The van der Waals surface area contributed by atoms with Crippen LogP contribution in [0.1, 0.15) is 27.0 Å². The van der Waals surface area contributed by atoms with Crippen molar-refractivity contribution in [1.82, 2.24) is 10.6 Å². The van der Waals surface area contributed by atoms with Crippen LogP contribution in [0.2, 0.25) is 0 Å². The van der Waals surface area contributed by atoms with Crippen molar-refractivity contribution in [2.75, 3.05) is 14.2 Å². The second-order valence-corrected chi connectivity index (χ2v) is 5.46. The molecule has 2 N–H and O–H groups in total. The summed E-state index contributed by atoms with van der Waals surface area (Å²) in [5, 5.41) is 6.22. The van der Waals surface area contributed by atoms with Crippen molar-refractivity contribution in [3.63, 3.8) is 0 Å². The molecule has 5 nitrogen and oxygen atoms in total. The van der Waals surface area contributed by atoms with E-state index >= 15 is 0 Å². The predicted octanol–water partition coefficient (Wildman–Crippen LogP) is 2.66. The van der Waals surface area contributed by atoms with Crippen LogP contribution < -0.4 is 20.1 Å². The summed E-state index contributed by atoms with van der Waals surface area (Å²) in [6, 6.07) is 11.5. The monoisotopic (exact) mass is 348 g/mol. The maximum Gasteiger partial charge on any atom is 0.251 e. The first-order valence-corrected chi connectivity index (χ1v) is 7.53. The average molecular weight is 349 g/mol. The van der Waals surface area contributed by atoms with Crippen LogP contribution in [0.15, 0.2) is 36.4 Å². The molecule has 6 heteroatoms. The van der Waals surface area contributed by atoms with Crippen molar-refractivity contribution in [2.45, 2.75) is 19.6 Å². The van der Waals surface area contributed by atoms with Gasteiger partial charge in [0.05, 0.1) is 14.2 Å². The van der Waals surface area contributed by atoms with Gasteiger partial charge in [0.1, 0.15) is 0 Å². The Balaban J connectivity index is 0.00000208. The zero-order chi connectivity index (χ0) is 16.2. The van der Waals surface area contributed by atoms with E-state index < -0.39 is 0 Å². The minimum atomic E-state index is -0.0746. The fourth-order valence-corrected chi connectivity index (χ4v) is 2.71. The van der Waals surface area contributed by atoms with Crippen molar-refractivity contribution >= 4 is 18.3 Å². The highest BCUT2D eigenvalue weighted by molar-refractivity contribution is 5.94. The standard InChI is InChI=1S/C18H20N2O3.ClH/c1-22-16-6-3-12(7-17(16)23-2)9-20-18(21)13-4-5-14-10-19-11-15(14)8-13;/h3-8,19H,9-11H2,1-2H3,(H,20,21);1H. The number of carbonyl (C=O) groups is 1. The van der Waals surface area contributed by atoms with Gasteiger partial charge in [-0.15, -0.1) is 12.4 Å². The summed E-state index contributed by atoms with van der Waals surface area (Å²) < 4.78 is 10.5. The maximum absolute atomic E-state index is 12.3. The van der Waals surface area contributed by atoms with Crippen molar-refractivity contribution in [3.8, 4) is 11.5 Å². The van der Waals surface area contributed by atoms with Crippen LogP contribution >= 0.6 is 12.4 Å². The normalized spacial score (nSPS) is 12.1. The van der Waals surface area contributed by atoms with Crippen LogP contribution in [0.3, 0.4) is 0 Å². The first kappa shape index (κ1) is 18.1. The fourth-order valence-electron chi connectivity index (χ4n) is 2.71. The Hall–Kier alpha value is -2.24. The van der Waals surface area contributed by atoms with Crippen molar-refractivity contribution in [1.29, 1.82) is 0 Å². The number of benzene rings is 2. The number of methoxy groups -OCH3 is 2. The summed E-state index contributed by atoms with van der Waals surface area (Å²) >= 11 is 0. The van der Waals surface area contributed by atoms with Gasteiger partial charge in [0.15, 0.2) is 11.5 Å². The third-order valence-corrected chi connectivity index (χ3v) is 4.00. The lowest BCUT2D eigenvalue weighted by Crippen LogP contribution is -2.23. The Morgan fingerprint density at radius 3 is 2.54 bits per heavy atom. The largest absolute Gasteiger partial charge is 0.493 e. The highest BCUT2D eigenvalue weighted by Crippen LogP contribution is 2.27. The van der Waals surface area contributed by atoms with E-state index in [2.05, 4.69) is 10.6 Å². The second-order valence-electron chi connectivity index (χ2n) is 5.46. The van der Waals surface area contributed by atoms with Gasteiger partial charge in [0, 0.05) is 25.2 Å². The van der Waals surface area contributed by atoms with Gasteiger partial charge >= 0.3 is 0 Å². The molecule has 0 saturated carbocycles. The molecule has 0 aliphatic carbocycles. The van der Waals surface area contributed by atoms with Gasteiger partial charge in [-0.3, -0.25) is 4.79 Å². The van der Waals surface area contributed by atoms with Crippen LogP contribution in [0.4, 0.5) is 0 Å². The number of carbonyl (C=O) groups excluding carboxylic acids is 1. The Morgan fingerprint density at radius 1 is 1.04 bits per heavy atom. The minimum absolute atomic E-state index is 0. The molecule has 0 atom stereocenters. The molecule has 1 heterocycles. The molecule has 0 aromatic heterocycles. The lowest BCUT2D eigenvalue weighted by molar-refractivity contribution is 0.0951. The topological polar surface area (TPSA) is 59.6 Å². The number of fused-ring (bicyclic) bond motifs is 1. The molecule has 0 radical (unpaired) electrons. The van der Waals surface area contributed by atoms with Crippen molar-refractivity contribution in [2.24, 2.45) is 0 Å². The van der Waals surface area contributed by atoms with E-state index in [0.717, 1.165) is 18.7 Å². The molecule has 1 amide bonds. The smallest absolute Gasteiger partial charge is 0.251 e. The molecule has 2 aromatic carbocycles. The van der Waals surface area contributed by atoms with E-state index in [-0.39, 0.29) is 18.3 Å². The molecule has 0 bridgehead atoms. The Kier molecular flexibility index (Phi) is 6.06. The zero-order valence-corrected chi connectivity index (χ0v) is 14.5. The number of amides is 1. The predicted molar refractivity (Wildman–Crippen MR) is 94.9 cm³/mol. The maximum atomic E-state index is 12.3. The third kappa shape index (κ3) is 3.80. The van der Waals surface area contributed by atoms with Crippen LogP contribution in [0.5, 0.6) is 11.5 Å². The Bertz CT molecular complexity index is 734. The lowest BCUT2D eigenvalue weighted by Gasteiger charge is -2.11. The van der Waals surface area contributed by atoms with E-state index in [0.29, 0.717) is 23.6 Å². The van der Waals surface area contributed by atoms with E-state index in [1.807, 2.05) is 36.4 Å². The summed E-state index contributed by atoms with van der Waals surface area (Å²) in [7, 11) is 3.20. The quantitative estimate of drug-likeness (QED) is 0.872. The number of nitrogens with one attached hydrogen (secondary N) is 2. The summed E-state index contributed by atoms with van der Waals surface area (Å²) in [5.41, 5.74) is 4.11. The summed E-state index contributed by atoms with van der Waals surface area (Å²) in [5.74, 6) is 1.26. The molecule has 2 aromatic rings. The van der Waals surface area contributed by atoms with Gasteiger partial charge < -0.3 is 20.1 Å². The average Bonchev–Trinajstić information content (AvgIpc) is 3.06. The van der Waals surface area contributed by atoms with Gasteiger partial charge in [-0.1, -0.05) is 12.1 Å². The molecule has 0 spiro atoms. The van der Waals surface area contributed by atoms with Crippen molar-refractivity contribution in [3.05, 3.63) is 58.7 Å². The zero-order valence-electron chi connectivity index (χ0n) is 13.7. The molecule has 24 heavy (non-hydrogen) atoms. The van der Waals surface area contributed by atoms with Gasteiger partial charge in [-0.2, -0.15) is 0 Å². The Morgan fingerprint density at radius 2 is 1.79 bits per heavy atom. The highest BCUT2D eigenvalue weighted by Gasteiger charge is 2.13. The second kappa shape index (κ2) is 8.04. The molecular formula is C18H21ClN2O3. The summed E-state index contributed by atoms with van der Waals surface area (Å²) in [4.78, 5) is 12.3. The van der Waals surface area contributed by atoms with E-state index in [1.165, 1.54) is 11.1 Å². The van der Waals surface area contributed by atoms with E-state index in [4.69, 9.17) is 9.47 Å². The van der Waals surface area contributed by atoms with Crippen LogP contribution in [0, 0.1) is 0 Å². The molecule has 1 aliphatic heterocycles. The fraction of sp³-hybridized carbons (Fsp3) is 0.278. The SMILES string of the molecule is COc1ccc(CNC(=O)c2ccc3c(c2)CNC3)cc1OC.Cl. The van der Waals surface area contributed by atoms with Crippen LogP contribution in [-0.2, 0) is 19.6 Å². The molecule has 128 valence electrons. The first-order chi connectivity index (χ1) is 11.2. The Labute approximate surface area is 147 Å². The van der Waals surface area contributed by atoms with Gasteiger partial charge in [0.25, 0.3) is 5.91 Å². The molecule has 3 rings (SSSR count). The number of hydrogen-bond acceptors (Lipinski definition) is 4. The number of halogens is 1. The summed E-state index contributed by atoms with van der Waals surface area (Å²) in [6.07, 6.45) is 0. The molecule has 0 fully saturated rings. The van der Waals surface area contributed by atoms with Crippen molar-refractivity contribution < 1.29 is 14.3 Å². The number of rotatable bonds is 5. The molecular weight excluding hydrogens is 328 g/mol. The summed E-state index contributed by atoms with van der Waals surface area (Å²) in [6.45, 7) is 2.14. The minimum Gasteiger partial charge on any atom is -0.493 e. The molecule has 1 aliphatic rings. The van der Waals surface area contributed by atoms with E-state index in [9.17, 15) is 4.79 Å². The van der Waals surface area contributed by atoms with Gasteiger partial charge in [-0.25, -0.2) is 0 Å². The highest BCUT2D eigenvalue weighted by atomic mass is 35.5. The van der Waals surface area contributed by atoms with E-state index in [1.54, 1.807) is 14.2 Å². The number of hydrogen-bond donors (Lipinski definition) is 2. The molecule has 0 saturated heterocycles. The van der Waals surface area contributed by atoms with Gasteiger partial charge in [-0.05, 0) is 41.0 Å². The lowest BCUT2D eigenvalue weighted by atomic mass is 10.1. The van der Waals surface area contributed by atoms with Gasteiger partial charge in [0.2, 0.25) is 0 Å². The number of ether oxygens (including phenoxy) is 2. The molecule has 0 unspecified atom stereocenters. The van der Waals surface area contributed by atoms with Crippen LogP contribution in [0.25, 0.3) is 0 Å². The van der Waals surface area contributed by atoms with Crippen LogP contribution in [-0.4, -0.2) is 20.1 Å². The third-order valence-electron chi connectivity index (χ3n) is 4.00.